The van der Waals surface area contributed by atoms with Gasteiger partial charge in [-0.25, -0.2) is 4.79 Å². The molecule has 6 nitrogen and oxygen atoms in total. The second kappa shape index (κ2) is 10.3. The number of carbonyl (C=O) groups excluding carboxylic acids is 3. The summed E-state index contributed by atoms with van der Waals surface area (Å²) >= 11 is 0. The van der Waals surface area contributed by atoms with Crippen LogP contribution in [0.15, 0.2) is 12.2 Å². The lowest BCUT2D eigenvalue weighted by Crippen LogP contribution is -2.52. The molecule has 0 aliphatic rings. The first-order valence-corrected chi connectivity index (χ1v) is 8.58. The molecule has 0 heterocycles. The molecule has 1 N–H and O–H groups in total. The molecule has 0 aliphatic heterocycles. The highest BCUT2D eigenvalue weighted by Crippen LogP contribution is 2.23. The van der Waals surface area contributed by atoms with Crippen molar-refractivity contribution < 1.29 is 37.0 Å². The van der Waals surface area contributed by atoms with E-state index in [1.165, 1.54) is 0 Å². The van der Waals surface area contributed by atoms with Gasteiger partial charge in [-0.05, 0) is 39.7 Å². The summed E-state index contributed by atoms with van der Waals surface area (Å²) in [6, 6.07) is -1.63. The Labute approximate surface area is 157 Å². The molecule has 0 fully saturated rings. The zero-order chi connectivity index (χ0) is 21.4. The fraction of sp³-hybridized carbons (Fsp3) is 0.722. The second-order valence-electron chi connectivity index (χ2n) is 7.35. The second-order valence-corrected chi connectivity index (χ2v) is 7.35. The molecule has 0 aromatic carbocycles. The van der Waals surface area contributed by atoms with Crippen LogP contribution in [0.25, 0.3) is 0 Å². The molecular weight excluding hydrogens is 367 g/mol. The van der Waals surface area contributed by atoms with Gasteiger partial charge >= 0.3 is 24.0 Å². The van der Waals surface area contributed by atoms with E-state index in [0.717, 1.165) is 0 Å². The Kier molecular flexibility index (Phi) is 9.53. The van der Waals surface area contributed by atoms with E-state index < -0.39 is 41.6 Å². The van der Waals surface area contributed by atoms with Crippen molar-refractivity contribution in [3.63, 3.8) is 0 Å². The van der Waals surface area contributed by atoms with Gasteiger partial charge in [0.15, 0.2) is 0 Å². The van der Waals surface area contributed by atoms with Gasteiger partial charge in [0.05, 0.1) is 6.42 Å². The van der Waals surface area contributed by atoms with Crippen LogP contribution in [0.2, 0.25) is 0 Å². The molecule has 27 heavy (non-hydrogen) atoms. The van der Waals surface area contributed by atoms with E-state index >= 15 is 0 Å². The third-order valence-electron chi connectivity index (χ3n) is 3.24. The minimum Gasteiger partial charge on any atom is -0.461 e. The molecule has 0 aliphatic carbocycles. The molecular formula is C18H28F3NO5. The summed E-state index contributed by atoms with van der Waals surface area (Å²) in [5, 5.41) is 1.67. The number of amides is 1. The molecule has 1 amide bonds. The fourth-order valence-corrected chi connectivity index (χ4v) is 2.19. The van der Waals surface area contributed by atoms with Crippen LogP contribution >= 0.6 is 0 Å². The third-order valence-corrected chi connectivity index (χ3v) is 3.24. The zero-order valence-corrected chi connectivity index (χ0v) is 16.4. The van der Waals surface area contributed by atoms with Crippen LogP contribution in [0.4, 0.5) is 13.2 Å². The number of hydrogen-bond donors (Lipinski definition) is 1. The SMILES string of the molecule is C=C(C)COC(=O)C[C@H](CCC)[C@H](NC(=O)C(F)(F)F)C(=O)OC(C)(C)C. The number of nitrogens with one attached hydrogen (secondary N) is 1. The van der Waals surface area contributed by atoms with Crippen LogP contribution in [0.1, 0.15) is 53.9 Å². The Morgan fingerprint density at radius 3 is 2.11 bits per heavy atom. The molecule has 0 rings (SSSR count). The molecule has 0 spiro atoms. The number of halogens is 3. The maximum atomic E-state index is 12.7. The maximum Gasteiger partial charge on any atom is 0.471 e. The standard InChI is InChI=1S/C18H28F3NO5/c1-7-8-12(9-13(23)26-10-11(2)3)14(15(24)27-17(4,5)6)22-16(25)18(19,20)21/h12,14H,2,7-10H2,1,3-6H3,(H,22,25)/t12-,14-/m0/s1. The lowest BCUT2D eigenvalue weighted by Gasteiger charge is -2.29. The molecule has 0 unspecified atom stereocenters. The number of esters is 2. The number of rotatable bonds is 9. The van der Waals surface area contributed by atoms with Crippen LogP contribution in [-0.2, 0) is 23.9 Å². The predicted octanol–water partition coefficient (Wildman–Crippen LogP) is 3.30. The lowest BCUT2D eigenvalue weighted by atomic mass is 9.91. The average Bonchev–Trinajstić information content (AvgIpc) is 2.47. The Morgan fingerprint density at radius 2 is 1.70 bits per heavy atom. The summed E-state index contributed by atoms with van der Waals surface area (Å²) in [6.07, 6.45) is -4.83. The molecule has 0 aromatic heterocycles. The van der Waals surface area contributed by atoms with Gasteiger partial charge in [-0.15, -0.1) is 0 Å². The quantitative estimate of drug-likeness (QED) is 0.479. The van der Waals surface area contributed by atoms with Crippen LogP contribution < -0.4 is 5.32 Å². The van der Waals surface area contributed by atoms with Crippen molar-refractivity contribution in [2.75, 3.05) is 6.61 Å². The Balaban J connectivity index is 5.50. The minimum atomic E-state index is -5.17. The highest BCUT2D eigenvalue weighted by atomic mass is 19.4. The predicted molar refractivity (Wildman–Crippen MR) is 92.6 cm³/mol. The average molecular weight is 395 g/mol. The van der Waals surface area contributed by atoms with Crippen molar-refractivity contribution in [3.8, 4) is 0 Å². The van der Waals surface area contributed by atoms with E-state index in [1.807, 2.05) is 0 Å². The van der Waals surface area contributed by atoms with Crippen molar-refractivity contribution >= 4 is 17.8 Å². The van der Waals surface area contributed by atoms with E-state index in [4.69, 9.17) is 9.47 Å². The van der Waals surface area contributed by atoms with Gasteiger partial charge in [-0.3, -0.25) is 9.59 Å². The summed E-state index contributed by atoms with van der Waals surface area (Å²) in [7, 11) is 0. The molecule has 0 bridgehead atoms. The van der Waals surface area contributed by atoms with Crippen molar-refractivity contribution in [1.29, 1.82) is 0 Å². The summed E-state index contributed by atoms with van der Waals surface area (Å²) in [5.74, 6) is -4.92. The summed E-state index contributed by atoms with van der Waals surface area (Å²) in [6.45, 7) is 11.6. The van der Waals surface area contributed by atoms with Gasteiger partial charge < -0.3 is 14.8 Å². The minimum absolute atomic E-state index is 0.0380. The first-order valence-electron chi connectivity index (χ1n) is 8.58. The van der Waals surface area contributed by atoms with Gasteiger partial charge in [0, 0.05) is 5.92 Å². The summed E-state index contributed by atoms with van der Waals surface area (Å²) < 4.78 is 48.1. The summed E-state index contributed by atoms with van der Waals surface area (Å²) in [5.41, 5.74) is -0.389. The number of carbonyl (C=O) groups is 3. The van der Waals surface area contributed by atoms with Crippen LogP contribution in [0, 0.1) is 5.92 Å². The van der Waals surface area contributed by atoms with Gasteiger partial charge in [0.25, 0.3) is 0 Å². The maximum absolute atomic E-state index is 12.7. The number of ether oxygens (including phenoxy) is 2. The van der Waals surface area contributed by atoms with Crippen LogP contribution in [-0.4, -0.2) is 42.3 Å². The molecule has 0 radical (unpaired) electrons. The van der Waals surface area contributed by atoms with Gasteiger partial charge in [0.1, 0.15) is 18.2 Å². The van der Waals surface area contributed by atoms with E-state index in [-0.39, 0.29) is 19.4 Å². The molecule has 0 aromatic rings. The lowest BCUT2D eigenvalue weighted by molar-refractivity contribution is -0.178. The van der Waals surface area contributed by atoms with E-state index in [1.54, 1.807) is 39.9 Å². The zero-order valence-electron chi connectivity index (χ0n) is 16.4. The monoisotopic (exact) mass is 395 g/mol. The highest BCUT2D eigenvalue weighted by Gasteiger charge is 2.43. The molecule has 2 atom stereocenters. The first-order chi connectivity index (χ1) is 12.2. The molecule has 156 valence electrons. The normalized spacial score (nSPS) is 14.1. The van der Waals surface area contributed by atoms with Crippen molar-refractivity contribution in [2.24, 2.45) is 5.92 Å². The van der Waals surface area contributed by atoms with Crippen molar-refractivity contribution in [1.82, 2.24) is 5.32 Å². The smallest absolute Gasteiger partial charge is 0.461 e. The van der Waals surface area contributed by atoms with Crippen LogP contribution in [0.5, 0.6) is 0 Å². The summed E-state index contributed by atoms with van der Waals surface area (Å²) in [4.78, 5) is 35.8. The highest BCUT2D eigenvalue weighted by molar-refractivity contribution is 5.88. The largest absolute Gasteiger partial charge is 0.471 e. The van der Waals surface area contributed by atoms with E-state index in [2.05, 4.69) is 6.58 Å². The Morgan fingerprint density at radius 1 is 1.15 bits per heavy atom. The molecule has 0 saturated carbocycles. The van der Waals surface area contributed by atoms with E-state index in [9.17, 15) is 27.6 Å². The number of hydrogen-bond acceptors (Lipinski definition) is 5. The van der Waals surface area contributed by atoms with Gasteiger partial charge in [0.2, 0.25) is 0 Å². The van der Waals surface area contributed by atoms with E-state index in [0.29, 0.717) is 12.0 Å². The van der Waals surface area contributed by atoms with Gasteiger partial charge in [-0.2, -0.15) is 13.2 Å². The Hall–Kier alpha value is -2.06. The molecule has 0 saturated heterocycles. The Bertz CT molecular complexity index is 552. The fourth-order valence-electron chi connectivity index (χ4n) is 2.19. The first kappa shape index (κ1) is 24.9. The topological polar surface area (TPSA) is 81.7 Å². The third kappa shape index (κ3) is 10.6. The van der Waals surface area contributed by atoms with Crippen molar-refractivity contribution in [3.05, 3.63) is 12.2 Å². The van der Waals surface area contributed by atoms with Crippen LogP contribution in [0.3, 0.4) is 0 Å². The van der Waals surface area contributed by atoms with Gasteiger partial charge in [-0.1, -0.05) is 19.9 Å². The van der Waals surface area contributed by atoms with Crippen molar-refractivity contribution in [2.45, 2.75) is 71.7 Å². The molecule has 9 heteroatoms. The number of alkyl halides is 3.